The van der Waals surface area contributed by atoms with Gasteiger partial charge in [-0.25, -0.2) is 0 Å². The predicted molar refractivity (Wildman–Crippen MR) is 99.7 cm³/mol. The molecule has 0 atom stereocenters. The summed E-state index contributed by atoms with van der Waals surface area (Å²) >= 11 is 1.52. The number of thioether (sulfide) groups is 1. The maximum absolute atomic E-state index is 12.2. The lowest BCUT2D eigenvalue weighted by atomic mass is 10.2. The van der Waals surface area contributed by atoms with Crippen LogP contribution in [0.2, 0.25) is 0 Å². The fourth-order valence-electron chi connectivity index (χ4n) is 2.19. The molecule has 0 aliphatic heterocycles. The van der Waals surface area contributed by atoms with Crippen LogP contribution >= 0.6 is 11.8 Å². The Balaban J connectivity index is 1.99. The molecule has 4 nitrogen and oxygen atoms in total. The van der Waals surface area contributed by atoms with Crippen molar-refractivity contribution >= 4 is 29.3 Å². The first-order valence-electron chi connectivity index (χ1n) is 7.68. The zero-order valence-electron chi connectivity index (χ0n) is 14.4. The van der Waals surface area contributed by atoms with Crippen molar-refractivity contribution in [3.63, 3.8) is 0 Å². The summed E-state index contributed by atoms with van der Waals surface area (Å²) in [4.78, 5) is 26.8. The molecule has 126 valence electrons. The minimum Gasteiger partial charge on any atom is -0.345 e. The van der Waals surface area contributed by atoms with Crippen molar-refractivity contribution < 1.29 is 9.59 Å². The van der Waals surface area contributed by atoms with Crippen LogP contribution in [0.15, 0.2) is 47.4 Å². The van der Waals surface area contributed by atoms with E-state index in [9.17, 15) is 9.59 Å². The summed E-state index contributed by atoms with van der Waals surface area (Å²) in [5, 5.41) is 2.85. The van der Waals surface area contributed by atoms with Gasteiger partial charge in [-0.15, -0.1) is 11.8 Å². The average Bonchev–Trinajstić information content (AvgIpc) is 2.55. The average molecular weight is 342 g/mol. The number of amides is 2. The highest BCUT2D eigenvalue weighted by Crippen LogP contribution is 2.23. The molecule has 2 aromatic carbocycles. The Morgan fingerprint density at radius 3 is 2.54 bits per heavy atom. The first-order chi connectivity index (χ1) is 11.4. The van der Waals surface area contributed by atoms with Crippen molar-refractivity contribution in [1.29, 1.82) is 0 Å². The summed E-state index contributed by atoms with van der Waals surface area (Å²) < 4.78 is 0. The summed E-state index contributed by atoms with van der Waals surface area (Å²) in [7, 11) is 3.41. The number of hydrogen-bond acceptors (Lipinski definition) is 3. The van der Waals surface area contributed by atoms with Gasteiger partial charge in [-0.1, -0.05) is 23.8 Å². The van der Waals surface area contributed by atoms with E-state index in [0.717, 1.165) is 10.5 Å². The minimum atomic E-state index is -0.0876. The van der Waals surface area contributed by atoms with Crippen LogP contribution in [0.3, 0.4) is 0 Å². The van der Waals surface area contributed by atoms with Gasteiger partial charge in [0, 0.05) is 30.2 Å². The fourth-order valence-corrected chi connectivity index (χ4v) is 3.12. The molecule has 0 aliphatic carbocycles. The van der Waals surface area contributed by atoms with E-state index in [4.69, 9.17) is 0 Å². The molecule has 0 saturated carbocycles. The number of carbonyl (C=O) groups is 2. The van der Waals surface area contributed by atoms with Crippen molar-refractivity contribution in [2.24, 2.45) is 0 Å². The van der Waals surface area contributed by atoms with Gasteiger partial charge >= 0.3 is 0 Å². The van der Waals surface area contributed by atoms with Crippen LogP contribution in [0.1, 0.15) is 21.5 Å². The van der Waals surface area contributed by atoms with Crippen LogP contribution in [0.4, 0.5) is 5.69 Å². The van der Waals surface area contributed by atoms with E-state index in [2.05, 4.69) is 23.5 Å². The fraction of sp³-hybridized carbons (Fsp3) is 0.263. The van der Waals surface area contributed by atoms with Crippen LogP contribution in [0.25, 0.3) is 0 Å². The van der Waals surface area contributed by atoms with Crippen LogP contribution in [0, 0.1) is 13.8 Å². The first kappa shape index (κ1) is 18.1. The Bertz CT molecular complexity index is 757. The van der Waals surface area contributed by atoms with E-state index in [0.29, 0.717) is 17.0 Å². The number of benzene rings is 2. The summed E-state index contributed by atoms with van der Waals surface area (Å²) in [5.41, 5.74) is 3.53. The second kappa shape index (κ2) is 8.02. The van der Waals surface area contributed by atoms with E-state index in [1.807, 2.05) is 13.8 Å². The maximum Gasteiger partial charge on any atom is 0.253 e. The molecule has 2 rings (SSSR count). The summed E-state index contributed by atoms with van der Waals surface area (Å²) in [6.45, 7) is 4.08. The van der Waals surface area contributed by atoms with Crippen LogP contribution in [-0.2, 0) is 4.79 Å². The highest BCUT2D eigenvalue weighted by atomic mass is 32.2. The van der Waals surface area contributed by atoms with Gasteiger partial charge in [0.25, 0.3) is 5.91 Å². The monoisotopic (exact) mass is 342 g/mol. The molecule has 0 radical (unpaired) electrons. The second-order valence-corrected chi connectivity index (χ2v) is 6.90. The number of hydrogen-bond donors (Lipinski definition) is 1. The van der Waals surface area contributed by atoms with E-state index < -0.39 is 0 Å². The van der Waals surface area contributed by atoms with Gasteiger partial charge in [0.1, 0.15) is 0 Å². The smallest absolute Gasteiger partial charge is 0.253 e. The third-order valence-corrected chi connectivity index (χ3v) is 4.66. The quantitative estimate of drug-likeness (QED) is 0.842. The molecule has 5 heteroatoms. The summed E-state index contributed by atoms with van der Waals surface area (Å²) in [5.74, 6) is 0.155. The molecule has 0 saturated heterocycles. The van der Waals surface area contributed by atoms with Gasteiger partial charge in [-0.2, -0.15) is 0 Å². The van der Waals surface area contributed by atoms with E-state index in [1.165, 1.54) is 22.2 Å². The van der Waals surface area contributed by atoms with Crippen molar-refractivity contribution in [1.82, 2.24) is 4.90 Å². The Morgan fingerprint density at radius 1 is 1.08 bits per heavy atom. The number of aryl methyl sites for hydroxylation is 2. The maximum atomic E-state index is 12.2. The number of nitrogens with one attached hydrogen (secondary N) is 1. The zero-order chi connectivity index (χ0) is 17.7. The Kier molecular flexibility index (Phi) is 6.04. The van der Waals surface area contributed by atoms with Crippen LogP contribution in [0.5, 0.6) is 0 Å². The largest absolute Gasteiger partial charge is 0.345 e. The lowest BCUT2D eigenvalue weighted by Gasteiger charge is -2.12. The lowest BCUT2D eigenvalue weighted by molar-refractivity contribution is -0.113. The Morgan fingerprint density at radius 2 is 1.83 bits per heavy atom. The topological polar surface area (TPSA) is 49.4 Å². The Hall–Kier alpha value is -2.27. The highest BCUT2D eigenvalue weighted by molar-refractivity contribution is 8.00. The van der Waals surface area contributed by atoms with Crippen LogP contribution < -0.4 is 5.32 Å². The van der Waals surface area contributed by atoms with Crippen molar-refractivity contribution in [3.8, 4) is 0 Å². The molecule has 0 unspecified atom stereocenters. The SMILES string of the molecule is Cc1ccc(C)c(SCC(=O)Nc2cccc(C(=O)N(C)C)c2)c1. The lowest BCUT2D eigenvalue weighted by Crippen LogP contribution is -2.22. The summed E-state index contributed by atoms with van der Waals surface area (Å²) in [6.07, 6.45) is 0. The predicted octanol–water partition coefficient (Wildman–Crippen LogP) is 3.74. The van der Waals surface area contributed by atoms with E-state index >= 15 is 0 Å². The van der Waals surface area contributed by atoms with E-state index in [-0.39, 0.29) is 11.8 Å². The van der Waals surface area contributed by atoms with Gasteiger partial charge in [-0.3, -0.25) is 9.59 Å². The number of carbonyl (C=O) groups excluding carboxylic acids is 2. The second-order valence-electron chi connectivity index (χ2n) is 5.89. The highest BCUT2D eigenvalue weighted by Gasteiger charge is 2.10. The molecule has 0 bridgehead atoms. The van der Waals surface area contributed by atoms with Crippen LogP contribution in [-0.4, -0.2) is 36.6 Å². The normalized spacial score (nSPS) is 10.3. The molecule has 0 aromatic heterocycles. The van der Waals surface area contributed by atoms with Gasteiger partial charge < -0.3 is 10.2 Å². The molecule has 2 aromatic rings. The third-order valence-electron chi connectivity index (χ3n) is 3.50. The van der Waals surface area contributed by atoms with Crippen molar-refractivity contribution in [2.45, 2.75) is 18.7 Å². The zero-order valence-corrected chi connectivity index (χ0v) is 15.2. The Labute approximate surface area is 147 Å². The first-order valence-corrected chi connectivity index (χ1v) is 8.67. The van der Waals surface area contributed by atoms with Gasteiger partial charge in [0.05, 0.1) is 5.75 Å². The molecular weight excluding hydrogens is 320 g/mol. The van der Waals surface area contributed by atoms with Gasteiger partial charge in [0.2, 0.25) is 5.91 Å². The molecule has 2 amide bonds. The molecule has 1 N–H and O–H groups in total. The minimum absolute atomic E-state index is 0.0872. The number of rotatable bonds is 5. The molecule has 0 aliphatic rings. The molecule has 0 spiro atoms. The molecule has 0 heterocycles. The van der Waals surface area contributed by atoms with Crippen molar-refractivity contribution in [2.75, 3.05) is 25.2 Å². The standard InChI is InChI=1S/C19H22N2O2S/c1-13-8-9-14(2)17(10-13)24-12-18(22)20-16-7-5-6-15(11-16)19(23)21(3)4/h5-11H,12H2,1-4H3,(H,20,22). The van der Waals surface area contributed by atoms with Crippen molar-refractivity contribution in [3.05, 3.63) is 59.2 Å². The molecule has 0 fully saturated rings. The third kappa shape index (κ3) is 4.86. The van der Waals surface area contributed by atoms with Gasteiger partial charge in [-0.05, 0) is 43.7 Å². The number of nitrogens with zero attached hydrogens (tertiary/aromatic N) is 1. The molecular formula is C19H22N2O2S. The van der Waals surface area contributed by atoms with E-state index in [1.54, 1.807) is 38.4 Å². The number of anilines is 1. The van der Waals surface area contributed by atoms with Gasteiger partial charge in [0.15, 0.2) is 0 Å². The molecule has 24 heavy (non-hydrogen) atoms. The summed E-state index contributed by atoms with van der Waals surface area (Å²) in [6, 6.07) is 13.2.